The van der Waals surface area contributed by atoms with Crippen LogP contribution in [-0.2, 0) is 5.88 Å². The standard InChI is InChI=1S/C6H5ClFNO/c7-3-4-6(8)5(10)1-2-9-4/h1-2H,3H2,(H,9,10). The molecule has 0 fully saturated rings. The molecule has 1 N–H and O–H groups in total. The summed E-state index contributed by atoms with van der Waals surface area (Å²) in [7, 11) is 0. The van der Waals surface area contributed by atoms with Crippen LogP contribution in [0.15, 0.2) is 17.1 Å². The topological polar surface area (TPSA) is 32.9 Å². The Bertz CT molecular complexity index is 283. The monoisotopic (exact) mass is 161 g/mol. The van der Waals surface area contributed by atoms with E-state index in [0.29, 0.717) is 0 Å². The number of H-pyrrole nitrogens is 1. The molecule has 2 nitrogen and oxygen atoms in total. The van der Waals surface area contributed by atoms with Crippen LogP contribution >= 0.6 is 11.6 Å². The number of hydrogen-bond acceptors (Lipinski definition) is 1. The summed E-state index contributed by atoms with van der Waals surface area (Å²) >= 11 is 5.29. The zero-order valence-corrected chi connectivity index (χ0v) is 5.78. The molecule has 10 heavy (non-hydrogen) atoms. The van der Waals surface area contributed by atoms with Crippen LogP contribution in [0.3, 0.4) is 0 Å². The van der Waals surface area contributed by atoms with Crippen molar-refractivity contribution in [3.05, 3.63) is 34.0 Å². The third kappa shape index (κ3) is 1.19. The van der Waals surface area contributed by atoms with E-state index < -0.39 is 11.2 Å². The van der Waals surface area contributed by atoms with Gasteiger partial charge in [-0.25, -0.2) is 4.39 Å². The Labute approximate surface area is 61.6 Å². The molecule has 0 atom stereocenters. The molecule has 1 aromatic heterocycles. The van der Waals surface area contributed by atoms with E-state index in [4.69, 9.17) is 11.6 Å². The highest BCUT2D eigenvalue weighted by molar-refractivity contribution is 6.16. The fourth-order valence-electron chi connectivity index (χ4n) is 0.600. The number of alkyl halides is 1. The van der Waals surface area contributed by atoms with Crippen molar-refractivity contribution >= 4 is 11.6 Å². The first-order valence-corrected chi connectivity index (χ1v) is 3.21. The molecule has 0 aliphatic heterocycles. The smallest absolute Gasteiger partial charge is 0.217 e. The highest BCUT2D eigenvalue weighted by Gasteiger charge is 2.02. The summed E-state index contributed by atoms with van der Waals surface area (Å²) in [5.41, 5.74) is -0.497. The first-order chi connectivity index (χ1) is 4.75. The first-order valence-electron chi connectivity index (χ1n) is 2.67. The van der Waals surface area contributed by atoms with E-state index in [2.05, 4.69) is 4.98 Å². The molecule has 1 aromatic rings. The Morgan fingerprint density at radius 3 is 2.90 bits per heavy atom. The predicted molar refractivity (Wildman–Crippen MR) is 36.6 cm³/mol. The van der Waals surface area contributed by atoms with Crippen molar-refractivity contribution in [2.75, 3.05) is 0 Å². The van der Waals surface area contributed by atoms with Crippen LogP contribution in [0.4, 0.5) is 4.39 Å². The van der Waals surface area contributed by atoms with Gasteiger partial charge in [0.05, 0.1) is 11.6 Å². The molecule has 0 saturated carbocycles. The normalized spacial score (nSPS) is 9.80. The van der Waals surface area contributed by atoms with Crippen LogP contribution in [0.2, 0.25) is 0 Å². The minimum atomic E-state index is -0.794. The van der Waals surface area contributed by atoms with E-state index in [9.17, 15) is 9.18 Å². The quantitative estimate of drug-likeness (QED) is 0.618. The molecule has 0 aliphatic carbocycles. The molecule has 0 bridgehead atoms. The minimum absolute atomic E-state index is 0.0120. The van der Waals surface area contributed by atoms with Gasteiger partial charge in [0.25, 0.3) is 0 Å². The van der Waals surface area contributed by atoms with Crippen LogP contribution in [0.5, 0.6) is 0 Å². The van der Waals surface area contributed by atoms with Crippen LogP contribution in [-0.4, -0.2) is 4.98 Å². The van der Waals surface area contributed by atoms with Gasteiger partial charge in [-0.15, -0.1) is 11.6 Å². The summed E-state index contributed by atoms with van der Waals surface area (Å²) in [6.07, 6.45) is 1.36. The van der Waals surface area contributed by atoms with Gasteiger partial charge in [-0.05, 0) is 0 Å². The number of aromatic nitrogens is 1. The van der Waals surface area contributed by atoms with E-state index in [1.165, 1.54) is 6.20 Å². The van der Waals surface area contributed by atoms with Gasteiger partial charge in [0, 0.05) is 12.3 Å². The SMILES string of the molecule is O=c1cc[nH]c(CCl)c1F. The molecule has 0 saturated heterocycles. The summed E-state index contributed by atoms with van der Waals surface area (Å²) in [6.45, 7) is 0. The van der Waals surface area contributed by atoms with Gasteiger partial charge in [0.15, 0.2) is 5.82 Å². The number of rotatable bonds is 1. The number of aromatic amines is 1. The molecule has 4 heteroatoms. The van der Waals surface area contributed by atoms with Crippen molar-refractivity contribution in [1.82, 2.24) is 4.98 Å². The third-order valence-electron chi connectivity index (χ3n) is 1.11. The zero-order valence-electron chi connectivity index (χ0n) is 5.03. The third-order valence-corrected chi connectivity index (χ3v) is 1.37. The van der Waals surface area contributed by atoms with E-state index in [1.807, 2.05) is 0 Å². The second-order valence-corrected chi connectivity index (χ2v) is 2.04. The summed E-state index contributed by atoms with van der Waals surface area (Å²) in [6, 6.07) is 1.12. The van der Waals surface area contributed by atoms with Crippen molar-refractivity contribution in [2.45, 2.75) is 5.88 Å². The molecule has 1 heterocycles. The lowest BCUT2D eigenvalue weighted by Gasteiger charge is -1.94. The molecular formula is C6H5ClFNO. The molecule has 0 radical (unpaired) electrons. The van der Waals surface area contributed by atoms with Crippen LogP contribution < -0.4 is 5.43 Å². The summed E-state index contributed by atoms with van der Waals surface area (Å²) < 4.78 is 12.6. The average Bonchev–Trinajstić information content (AvgIpc) is 1.95. The van der Waals surface area contributed by atoms with Gasteiger partial charge >= 0.3 is 0 Å². The fraction of sp³-hybridized carbons (Fsp3) is 0.167. The van der Waals surface area contributed by atoms with E-state index in [0.717, 1.165) is 6.07 Å². The van der Waals surface area contributed by atoms with Crippen LogP contribution in [0, 0.1) is 5.82 Å². The average molecular weight is 162 g/mol. The largest absolute Gasteiger partial charge is 0.361 e. The summed E-state index contributed by atoms with van der Waals surface area (Å²) in [5.74, 6) is -0.806. The number of halogens is 2. The van der Waals surface area contributed by atoms with Crippen molar-refractivity contribution in [3.8, 4) is 0 Å². The molecule has 0 aliphatic rings. The Morgan fingerprint density at radius 2 is 2.40 bits per heavy atom. The van der Waals surface area contributed by atoms with Crippen LogP contribution in [0.1, 0.15) is 5.69 Å². The number of pyridine rings is 1. The van der Waals surface area contributed by atoms with Crippen LogP contribution in [0.25, 0.3) is 0 Å². The highest BCUT2D eigenvalue weighted by Crippen LogP contribution is 1.99. The van der Waals surface area contributed by atoms with Crippen molar-refractivity contribution in [1.29, 1.82) is 0 Å². The van der Waals surface area contributed by atoms with E-state index >= 15 is 0 Å². The minimum Gasteiger partial charge on any atom is -0.361 e. The van der Waals surface area contributed by atoms with E-state index in [1.54, 1.807) is 0 Å². The lowest BCUT2D eigenvalue weighted by Crippen LogP contribution is -2.08. The van der Waals surface area contributed by atoms with Crippen molar-refractivity contribution in [2.24, 2.45) is 0 Å². The molecule has 1 rings (SSSR count). The fourth-order valence-corrected chi connectivity index (χ4v) is 0.795. The van der Waals surface area contributed by atoms with E-state index in [-0.39, 0.29) is 11.6 Å². The van der Waals surface area contributed by atoms with Crippen molar-refractivity contribution in [3.63, 3.8) is 0 Å². The lowest BCUT2D eigenvalue weighted by atomic mass is 10.3. The molecule has 0 amide bonds. The van der Waals surface area contributed by atoms with Gasteiger partial charge < -0.3 is 4.98 Å². The maximum Gasteiger partial charge on any atom is 0.217 e. The molecule has 0 unspecified atom stereocenters. The zero-order chi connectivity index (χ0) is 7.56. The maximum absolute atomic E-state index is 12.6. The summed E-state index contributed by atoms with van der Waals surface area (Å²) in [5, 5.41) is 0. The maximum atomic E-state index is 12.6. The molecular weight excluding hydrogens is 157 g/mol. The second kappa shape index (κ2) is 2.84. The predicted octanol–water partition coefficient (Wildman–Crippen LogP) is 1.25. The first kappa shape index (κ1) is 7.28. The molecule has 54 valence electrons. The Morgan fingerprint density at radius 1 is 1.70 bits per heavy atom. The Kier molecular flexibility index (Phi) is 2.06. The molecule has 0 spiro atoms. The number of hydrogen-bond donors (Lipinski definition) is 1. The second-order valence-electron chi connectivity index (χ2n) is 1.77. The highest BCUT2D eigenvalue weighted by atomic mass is 35.5. The van der Waals surface area contributed by atoms with Gasteiger partial charge in [-0.1, -0.05) is 0 Å². The van der Waals surface area contributed by atoms with Gasteiger partial charge in [0.1, 0.15) is 0 Å². The molecule has 0 aromatic carbocycles. The number of nitrogens with one attached hydrogen (secondary N) is 1. The van der Waals surface area contributed by atoms with Crippen molar-refractivity contribution < 1.29 is 4.39 Å². The van der Waals surface area contributed by atoms with Gasteiger partial charge in [-0.2, -0.15) is 0 Å². The lowest BCUT2D eigenvalue weighted by molar-refractivity contribution is 0.597. The Hall–Kier alpha value is -0.830. The summed E-state index contributed by atoms with van der Waals surface area (Å²) in [4.78, 5) is 13.1. The Balaban J connectivity index is 3.28. The van der Waals surface area contributed by atoms with Gasteiger partial charge in [-0.3, -0.25) is 4.79 Å². The van der Waals surface area contributed by atoms with Gasteiger partial charge in [0.2, 0.25) is 5.43 Å².